The van der Waals surface area contributed by atoms with Crippen LogP contribution in [0.3, 0.4) is 0 Å². The second-order valence-electron chi connectivity index (χ2n) is 6.53. The summed E-state index contributed by atoms with van der Waals surface area (Å²) in [5, 5.41) is 14.9. The molecular weight excluding hydrogens is 390 g/mol. The summed E-state index contributed by atoms with van der Waals surface area (Å²) >= 11 is 0. The molecule has 9 nitrogen and oxygen atoms in total. The lowest BCUT2D eigenvalue weighted by atomic mass is 9.92. The molecule has 1 aromatic rings. The second-order valence-corrected chi connectivity index (χ2v) is 6.53. The molecule has 0 amide bonds. The summed E-state index contributed by atoms with van der Waals surface area (Å²) in [7, 11) is 0. The molecule has 1 fully saturated rings. The number of hydrogen-bond acceptors (Lipinski definition) is 7. The SMILES string of the molecule is C=CCO[C@H]1[C@H](OCC)O[C@H](COCc2ccccc2)[C@H](O)[C@]1(N=[N+]=[N-])OCC=C. The van der Waals surface area contributed by atoms with Crippen molar-refractivity contribution in [2.45, 2.75) is 43.9 Å². The highest BCUT2D eigenvalue weighted by Gasteiger charge is 2.58. The van der Waals surface area contributed by atoms with Gasteiger partial charge in [-0.15, -0.1) is 13.2 Å². The number of benzene rings is 1. The Morgan fingerprint density at radius 1 is 1.23 bits per heavy atom. The maximum Gasteiger partial charge on any atom is 0.206 e. The van der Waals surface area contributed by atoms with E-state index in [-0.39, 0.29) is 19.8 Å². The summed E-state index contributed by atoms with van der Waals surface area (Å²) in [4.78, 5) is 2.90. The molecule has 1 aliphatic rings. The number of hydrogen-bond donors (Lipinski definition) is 1. The molecule has 30 heavy (non-hydrogen) atoms. The van der Waals surface area contributed by atoms with E-state index in [9.17, 15) is 10.6 Å². The van der Waals surface area contributed by atoms with E-state index in [1.165, 1.54) is 12.2 Å². The van der Waals surface area contributed by atoms with E-state index in [2.05, 4.69) is 23.2 Å². The van der Waals surface area contributed by atoms with Gasteiger partial charge in [0.05, 0.1) is 26.4 Å². The van der Waals surface area contributed by atoms with Crippen LogP contribution in [0.5, 0.6) is 0 Å². The van der Waals surface area contributed by atoms with Crippen molar-refractivity contribution in [3.63, 3.8) is 0 Å². The Balaban J connectivity index is 2.27. The average Bonchev–Trinajstić information content (AvgIpc) is 2.76. The minimum atomic E-state index is -1.80. The number of azide groups is 1. The minimum Gasteiger partial charge on any atom is -0.387 e. The summed E-state index contributed by atoms with van der Waals surface area (Å²) in [6, 6.07) is 9.59. The van der Waals surface area contributed by atoms with Crippen LogP contribution in [0.15, 0.2) is 60.8 Å². The predicted molar refractivity (Wildman–Crippen MR) is 110 cm³/mol. The van der Waals surface area contributed by atoms with Crippen LogP contribution in [-0.2, 0) is 30.3 Å². The van der Waals surface area contributed by atoms with E-state index in [4.69, 9.17) is 23.7 Å². The zero-order valence-corrected chi connectivity index (χ0v) is 17.1. The molecule has 1 saturated heterocycles. The van der Waals surface area contributed by atoms with Gasteiger partial charge in [0.15, 0.2) is 6.29 Å². The zero-order valence-electron chi connectivity index (χ0n) is 17.1. The van der Waals surface area contributed by atoms with Gasteiger partial charge in [-0.2, -0.15) is 0 Å². The van der Waals surface area contributed by atoms with Crippen molar-refractivity contribution >= 4 is 0 Å². The monoisotopic (exact) mass is 419 g/mol. The van der Waals surface area contributed by atoms with E-state index >= 15 is 0 Å². The average molecular weight is 419 g/mol. The third-order valence-electron chi connectivity index (χ3n) is 4.49. The Kier molecular flexibility index (Phi) is 9.99. The predicted octanol–water partition coefficient (Wildman–Crippen LogP) is 3.11. The lowest BCUT2D eigenvalue weighted by Crippen LogP contribution is -2.68. The molecule has 1 aromatic carbocycles. The van der Waals surface area contributed by atoms with Crippen molar-refractivity contribution in [2.75, 3.05) is 26.4 Å². The van der Waals surface area contributed by atoms with Crippen molar-refractivity contribution in [1.29, 1.82) is 0 Å². The maximum atomic E-state index is 11.1. The fourth-order valence-corrected chi connectivity index (χ4v) is 3.18. The van der Waals surface area contributed by atoms with Gasteiger partial charge in [-0.25, -0.2) is 0 Å². The Hall–Kier alpha value is -2.23. The molecule has 1 heterocycles. The number of aliphatic hydroxyl groups is 1. The van der Waals surface area contributed by atoms with Crippen molar-refractivity contribution in [1.82, 2.24) is 0 Å². The molecular formula is C21H29N3O6. The molecule has 0 aromatic heterocycles. The number of ether oxygens (including phenoxy) is 5. The summed E-state index contributed by atoms with van der Waals surface area (Å²) in [5.41, 5.74) is 8.40. The van der Waals surface area contributed by atoms with Gasteiger partial charge in [0, 0.05) is 11.5 Å². The zero-order chi connectivity index (χ0) is 21.8. The number of aliphatic hydroxyl groups excluding tert-OH is 1. The highest BCUT2D eigenvalue weighted by molar-refractivity contribution is 5.13. The Morgan fingerprint density at radius 3 is 2.60 bits per heavy atom. The van der Waals surface area contributed by atoms with Gasteiger partial charge in [0.1, 0.15) is 18.3 Å². The first kappa shape index (κ1) is 24.0. The summed E-state index contributed by atoms with van der Waals surface area (Å²) in [5.74, 6) is 0. The fourth-order valence-electron chi connectivity index (χ4n) is 3.18. The van der Waals surface area contributed by atoms with Crippen LogP contribution in [0, 0.1) is 0 Å². The van der Waals surface area contributed by atoms with E-state index in [1.807, 2.05) is 30.3 Å². The molecule has 164 valence electrons. The summed E-state index contributed by atoms with van der Waals surface area (Å²) < 4.78 is 28.9. The fraction of sp³-hybridized carbons (Fsp3) is 0.524. The van der Waals surface area contributed by atoms with E-state index < -0.39 is 30.3 Å². The standard InChI is InChI=1S/C21H29N3O6/c1-4-12-28-19-20(27-6-3)30-17(15-26-14-16-10-8-7-9-11-16)18(25)21(19,23-24-22)29-13-5-2/h4-5,7-11,17-20,25H,1-2,6,12-15H2,3H3/t17-,18+,19+,20-,21+/m1/s1. The first-order chi connectivity index (χ1) is 14.6. The molecule has 5 atom stereocenters. The highest BCUT2D eigenvalue weighted by Crippen LogP contribution is 2.37. The van der Waals surface area contributed by atoms with E-state index in [1.54, 1.807) is 6.92 Å². The lowest BCUT2D eigenvalue weighted by Gasteiger charge is -2.49. The Labute approximate surface area is 176 Å². The van der Waals surface area contributed by atoms with Crippen LogP contribution in [0.1, 0.15) is 12.5 Å². The van der Waals surface area contributed by atoms with Gasteiger partial charge in [-0.3, -0.25) is 0 Å². The summed E-state index contributed by atoms with van der Waals surface area (Å²) in [6.07, 6.45) is -1.25. The third-order valence-corrected chi connectivity index (χ3v) is 4.49. The molecule has 0 radical (unpaired) electrons. The normalized spacial score (nSPS) is 28.5. The second kappa shape index (κ2) is 12.5. The minimum absolute atomic E-state index is 0.0144. The van der Waals surface area contributed by atoms with Crippen molar-refractivity contribution in [2.24, 2.45) is 5.11 Å². The van der Waals surface area contributed by atoms with Crippen molar-refractivity contribution in [3.8, 4) is 0 Å². The van der Waals surface area contributed by atoms with Gasteiger partial charge in [0.2, 0.25) is 5.72 Å². The smallest absolute Gasteiger partial charge is 0.206 e. The Bertz CT molecular complexity index is 712. The van der Waals surface area contributed by atoms with Crippen LogP contribution in [-0.4, -0.2) is 61.9 Å². The first-order valence-electron chi connectivity index (χ1n) is 9.73. The van der Waals surface area contributed by atoms with E-state index in [0.29, 0.717) is 13.2 Å². The Morgan fingerprint density at radius 2 is 1.97 bits per heavy atom. The highest BCUT2D eigenvalue weighted by atomic mass is 16.7. The molecule has 0 unspecified atom stereocenters. The van der Waals surface area contributed by atoms with E-state index in [0.717, 1.165) is 5.56 Å². The maximum absolute atomic E-state index is 11.1. The van der Waals surface area contributed by atoms with Gasteiger partial charge < -0.3 is 28.8 Å². The van der Waals surface area contributed by atoms with Crippen LogP contribution in [0.25, 0.3) is 10.4 Å². The largest absolute Gasteiger partial charge is 0.387 e. The molecule has 9 heteroatoms. The molecule has 0 bridgehead atoms. The van der Waals surface area contributed by atoms with Gasteiger partial charge in [-0.1, -0.05) is 47.6 Å². The van der Waals surface area contributed by atoms with Gasteiger partial charge >= 0.3 is 0 Å². The molecule has 0 aliphatic carbocycles. The van der Waals surface area contributed by atoms with Gasteiger partial charge in [-0.05, 0) is 18.0 Å². The first-order valence-corrected chi connectivity index (χ1v) is 9.73. The van der Waals surface area contributed by atoms with Crippen LogP contribution in [0.2, 0.25) is 0 Å². The van der Waals surface area contributed by atoms with Crippen LogP contribution < -0.4 is 0 Å². The molecule has 2 rings (SSSR count). The molecule has 0 saturated carbocycles. The third kappa shape index (κ3) is 5.90. The topological polar surface area (TPSA) is 115 Å². The quantitative estimate of drug-likeness (QED) is 0.227. The van der Waals surface area contributed by atoms with Crippen molar-refractivity contribution in [3.05, 3.63) is 71.6 Å². The lowest BCUT2D eigenvalue weighted by molar-refractivity contribution is -0.345. The summed E-state index contributed by atoms with van der Waals surface area (Å²) in [6.45, 7) is 9.81. The molecule has 1 N–H and O–H groups in total. The number of nitrogens with zero attached hydrogens (tertiary/aromatic N) is 3. The number of rotatable bonds is 13. The van der Waals surface area contributed by atoms with Crippen LogP contribution >= 0.6 is 0 Å². The van der Waals surface area contributed by atoms with Crippen LogP contribution in [0.4, 0.5) is 0 Å². The van der Waals surface area contributed by atoms with Gasteiger partial charge in [0.25, 0.3) is 0 Å². The molecule has 1 aliphatic heterocycles. The van der Waals surface area contributed by atoms with Crippen molar-refractivity contribution < 1.29 is 28.8 Å². The molecule has 0 spiro atoms.